The van der Waals surface area contributed by atoms with Crippen LogP contribution in [0.1, 0.15) is 24.8 Å². The number of nitrogens with one attached hydrogen (secondary N) is 1. The predicted molar refractivity (Wildman–Crippen MR) is 95.8 cm³/mol. The van der Waals surface area contributed by atoms with Crippen LogP contribution in [0.3, 0.4) is 0 Å². The molecule has 140 valence electrons. The highest BCUT2D eigenvalue weighted by Crippen LogP contribution is 2.37. The number of para-hydroxylation sites is 1. The van der Waals surface area contributed by atoms with Gasteiger partial charge in [0.1, 0.15) is 0 Å². The summed E-state index contributed by atoms with van der Waals surface area (Å²) in [6.07, 6.45) is -1.24. The molecule has 0 atom stereocenters. The first-order valence-electron chi connectivity index (χ1n) is 8.11. The van der Waals surface area contributed by atoms with Crippen molar-refractivity contribution in [2.24, 2.45) is 0 Å². The Morgan fingerprint density at radius 2 is 1.92 bits per heavy atom. The third kappa shape index (κ3) is 4.88. The number of carbonyl (C=O) groups is 1. The standard InChI is InChI=1S/C16H17F3N4OS2/c17-16(18,19)11-6-2-3-7-12(11)20-14-21-22-15(26-14)25-10-13(24)23-8-4-1-5-9-23/h2-3,6-7H,1,4-5,8-10H2,(H,20,21). The highest BCUT2D eigenvalue weighted by atomic mass is 32.2. The summed E-state index contributed by atoms with van der Waals surface area (Å²) in [5.74, 6) is 0.315. The van der Waals surface area contributed by atoms with Crippen molar-refractivity contribution in [3.8, 4) is 0 Å². The van der Waals surface area contributed by atoms with Gasteiger partial charge in [0.25, 0.3) is 0 Å². The van der Waals surface area contributed by atoms with Gasteiger partial charge in [-0.25, -0.2) is 0 Å². The van der Waals surface area contributed by atoms with Gasteiger partial charge in [-0.05, 0) is 31.4 Å². The highest BCUT2D eigenvalue weighted by molar-refractivity contribution is 8.01. The number of rotatable bonds is 5. The minimum atomic E-state index is -4.45. The van der Waals surface area contributed by atoms with E-state index in [2.05, 4.69) is 15.5 Å². The smallest absolute Gasteiger partial charge is 0.342 e. The number of thioether (sulfide) groups is 1. The van der Waals surface area contributed by atoms with Crippen LogP contribution in [0, 0.1) is 0 Å². The van der Waals surface area contributed by atoms with Crippen LogP contribution in [0.5, 0.6) is 0 Å². The van der Waals surface area contributed by atoms with E-state index in [1.807, 2.05) is 4.90 Å². The van der Waals surface area contributed by atoms with Crippen LogP contribution < -0.4 is 5.32 Å². The zero-order chi connectivity index (χ0) is 18.6. The molecule has 26 heavy (non-hydrogen) atoms. The molecule has 0 bridgehead atoms. The molecule has 1 aliphatic rings. The first kappa shape index (κ1) is 19.0. The normalized spacial score (nSPS) is 15.1. The zero-order valence-corrected chi connectivity index (χ0v) is 15.4. The molecule has 2 aromatic rings. The van der Waals surface area contributed by atoms with E-state index >= 15 is 0 Å². The van der Waals surface area contributed by atoms with E-state index in [1.165, 1.54) is 30.0 Å². The number of aromatic nitrogens is 2. The average molecular weight is 402 g/mol. The van der Waals surface area contributed by atoms with Gasteiger partial charge in [0.05, 0.1) is 17.0 Å². The molecule has 0 unspecified atom stereocenters. The highest BCUT2D eigenvalue weighted by Gasteiger charge is 2.33. The van der Waals surface area contributed by atoms with Gasteiger partial charge in [0.15, 0.2) is 4.34 Å². The molecule has 0 aliphatic carbocycles. The number of piperidine rings is 1. The third-order valence-electron chi connectivity index (χ3n) is 3.91. The van der Waals surface area contributed by atoms with Crippen molar-refractivity contribution < 1.29 is 18.0 Å². The largest absolute Gasteiger partial charge is 0.418 e. The van der Waals surface area contributed by atoms with Crippen LogP contribution in [0.15, 0.2) is 28.6 Å². The summed E-state index contributed by atoms with van der Waals surface area (Å²) in [6.45, 7) is 1.58. The molecule has 1 amide bonds. The molecule has 10 heteroatoms. The molecular formula is C16H17F3N4OS2. The van der Waals surface area contributed by atoms with Gasteiger partial charge in [0, 0.05) is 13.1 Å². The SMILES string of the molecule is O=C(CSc1nnc(Nc2ccccc2C(F)(F)F)s1)N1CCCCC1. The van der Waals surface area contributed by atoms with Gasteiger partial charge in [-0.15, -0.1) is 10.2 Å². The number of likely N-dealkylation sites (tertiary alicyclic amines) is 1. The number of benzene rings is 1. The van der Waals surface area contributed by atoms with E-state index in [9.17, 15) is 18.0 Å². The van der Waals surface area contributed by atoms with Crippen LogP contribution >= 0.6 is 23.1 Å². The quantitative estimate of drug-likeness (QED) is 0.751. The molecule has 5 nitrogen and oxygen atoms in total. The second-order valence-corrected chi connectivity index (χ2v) is 7.97. The molecular weight excluding hydrogens is 385 g/mol. The molecule has 1 aromatic carbocycles. The van der Waals surface area contributed by atoms with Gasteiger partial charge in [-0.1, -0.05) is 35.2 Å². The summed E-state index contributed by atoms with van der Waals surface area (Å²) in [4.78, 5) is 14.0. The lowest BCUT2D eigenvalue weighted by Gasteiger charge is -2.26. The second-order valence-electron chi connectivity index (χ2n) is 5.77. The van der Waals surface area contributed by atoms with Crippen LogP contribution in [-0.2, 0) is 11.0 Å². The number of carbonyl (C=O) groups excluding carboxylic acids is 1. The van der Waals surface area contributed by atoms with E-state index in [-0.39, 0.29) is 22.5 Å². The first-order chi connectivity index (χ1) is 12.4. The number of alkyl halides is 3. The molecule has 1 saturated heterocycles. The van der Waals surface area contributed by atoms with Crippen molar-refractivity contribution in [1.29, 1.82) is 0 Å². The molecule has 0 saturated carbocycles. The Morgan fingerprint density at radius 1 is 1.19 bits per heavy atom. The maximum atomic E-state index is 13.0. The van der Waals surface area contributed by atoms with Gasteiger partial charge in [-0.2, -0.15) is 13.2 Å². The molecule has 3 rings (SSSR count). The molecule has 1 aromatic heterocycles. The Bertz CT molecular complexity index is 760. The summed E-state index contributed by atoms with van der Waals surface area (Å²) in [7, 11) is 0. The molecule has 1 aliphatic heterocycles. The zero-order valence-electron chi connectivity index (χ0n) is 13.8. The van der Waals surface area contributed by atoms with Crippen molar-refractivity contribution in [3.05, 3.63) is 29.8 Å². The number of amides is 1. The van der Waals surface area contributed by atoms with E-state index in [0.29, 0.717) is 4.34 Å². The maximum Gasteiger partial charge on any atom is 0.418 e. The van der Waals surface area contributed by atoms with Crippen LogP contribution in [-0.4, -0.2) is 39.8 Å². The molecule has 1 fully saturated rings. The van der Waals surface area contributed by atoms with Crippen molar-refractivity contribution in [1.82, 2.24) is 15.1 Å². The fourth-order valence-corrected chi connectivity index (χ4v) is 4.30. The number of nitrogens with zero attached hydrogens (tertiary/aromatic N) is 3. The van der Waals surface area contributed by atoms with Crippen molar-refractivity contribution in [2.45, 2.75) is 29.8 Å². The summed E-state index contributed by atoms with van der Waals surface area (Å²) >= 11 is 2.38. The number of halogens is 3. The van der Waals surface area contributed by atoms with E-state index < -0.39 is 11.7 Å². The fourth-order valence-electron chi connectivity index (χ4n) is 2.63. The minimum absolute atomic E-state index is 0.0572. The van der Waals surface area contributed by atoms with Crippen LogP contribution in [0.4, 0.5) is 24.0 Å². The number of hydrogen-bond acceptors (Lipinski definition) is 6. The monoisotopic (exact) mass is 402 g/mol. The molecule has 0 spiro atoms. The predicted octanol–water partition coefficient (Wildman–Crippen LogP) is 4.41. The van der Waals surface area contributed by atoms with E-state index in [4.69, 9.17) is 0 Å². The van der Waals surface area contributed by atoms with E-state index in [0.717, 1.165) is 49.8 Å². The van der Waals surface area contributed by atoms with Crippen LogP contribution in [0.25, 0.3) is 0 Å². The molecule has 0 radical (unpaired) electrons. The minimum Gasteiger partial charge on any atom is -0.342 e. The lowest BCUT2D eigenvalue weighted by molar-refractivity contribution is -0.137. The Hall–Kier alpha value is -1.81. The van der Waals surface area contributed by atoms with E-state index in [1.54, 1.807) is 0 Å². The Morgan fingerprint density at radius 3 is 2.65 bits per heavy atom. The van der Waals surface area contributed by atoms with Gasteiger partial charge < -0.3 is 10.2 Å². The van der Waals surface area contributed by atoms with Gasteiger partial charge in [0.2, 0.25) is 11.0 Å². The van der Waals surface area contributed by atoms with Crippen molar-refractivity contribution >= 4 is 39.8 Å². The lowest BCUT2D eigenvalue weighted by Crippen LogP contribution is -2.36. The van der Waals surface area contributed by atoms with Gasteiger partial charge in [-0.3, -0.25) is 4.79 Å². The number of hydrogen-bond donors (Lipinski definition) is 1. The van der Waals surface area contributed by atoms with Crippen molar-refractivity contribution in [3.63, 3.8) is 0 Å². The number of anilines is 2. The van der Waals surface area contributed by atoms with Crippen LogP contribution in [0.2, 0.25) is 0 Å². The molecule has 2 heterocycles. The summed E-state index contributed by atoms with van der Waals surface area (Å²) < 4.78 is 39.6. The average Bonchev–Trinajstić information content (AvgIpc) is 3.07. The summed E-state index contributed by atoms with van der Waals surface area (Å²) in [5, 5.41) is 10.7. The fraction of sp³-hybridized carbons (Fsp3) is 0.438. The summed E-state index contributed by atoms with van der Waals surface area (Å²) in [6, 6.07) is 5.21. The maximum absolute atomic E-state index is 13.0. The summed E-state index contributed by atoms with van der Waals surface area (Å²) in [5.41, 5.74) is -0.832. The molecule has 1 N–H and O–H groups in total. The lowest BCUT2D eigenvalue weighted by atomic mass is 10.1. The topological polar surface area (TPSA) is 58.1 Å². The van der Waals surface area contributed by atoms with Gasteiger partial charge >= 0.3 is 6.18 Å². The van der Waals surface area contributed by atoms with Crippen molar-refractivity contribution in [2.75, 3.05) is 24.2 Å². The third-order valence-corrected chi connectivity index (χ3v) is 5.87. The second kappa shape index (κ2) is 8.26. The Labute approximate surface area is 157 Å². The Balaban J connectivity index is 1.59. The Kier molecular flexibility index (Phi) is 6.02. The first-order valence-corrected chi connectivity index (χ1v) is 9.91.